The van der Waals surface area contributed by atoms with E-state index in [-0.39, 0.29) is 5.97 Å². The zero-order valence-electron chi connectivity index (χ0n) is 11.6. The van der Waals surface area contributed by atoms with Gasteiger partial charge in [0.1, 0.15) is 0 Å². The highest BCUT2D eigenvalue weighted by molar-refractivity contribution is 5.88. The van der Waals surface area contributed by atoms with Gasteiger partial charge in [0.2, 0.25) is 0 Å². The molecular formula is C16H19NO2. The fourth-order valence-electron chi connectivity index (χ4n) is 2.29. The number of carbonyl (C=O) groups is 1. The van der Waals surface area contributed by atoms with Crippen LogP contribution in [0.5, 0.6) is 0 Å². The van der Waals surface area contributed by atoms with E-state index in [0.717, 1.165) is 5.57 Å². The molecule has 100 valence electrons. The number of para-hydroxylation sites is 1. The van der Waals surface area contributed by atoms with E-state index in [1.165, 1.54) is 23.6 Å². The molecule has 2 aromatic rings. The molecule has 3 nitrogen and oxygen atoms in total. The van der Waals surface area contributed by atoms with Crippen LogP contribution in [-0.4, -0.2) is 17.6 Å². The quantitative estimate of drug-likeness (QED) is 0.620. The fraction of sp³-hybridized carbons (Fsp3) is 0.312. The average molecular weight is 257 g/mol. The lowest BCUT2D eigenvalue weighted by Crippen LogP contribution is -2.05. The number of fused-ring (bicyclic) bond motifs is 1. The molecule has 0 N–H and O–H groups in total. The summed E-state index contributed by atoms with van der Waals surface area (Å²) in [4.78, 5) is 11.5. The van der Waals surface area contributed by atoms with Crippen LogP contribution in [0.4, 0.5) is 0 Å². The van der Waals surface area contributed by atoms with Gasteiger partial charge < -0.3 is 9.30 Å². The van der Waals surface area contributed by atoms with E-state index in [4.69, 9.17) is 4.74 Å². The maximum absolute atomic E-state index is 11.5. The Morgan fingerprint density at radius 1 is 1.37 bits per heavy atom. The Bertz CT molecular complexity index is 623. The third-order valence-corrected chi connectivity index (χ3v) is 3.35. The summed E-state index contributed by atoms with van der Waals surface area (Å²) in [6, 6.07) is 8.29. The zero-order chi connectivity index (χ0) is 13.8. The van der Waals surface area contributed by atoms with Gasteiger partial charge in [-0.25, -0.2) is 4.79 Å². The number of ether oxygens (including phenoxy) is 1. The Morgan fingerprint density at radius 2 is 2.11 bits per heavy atom. The molecule has 0 spiro atoms. The number of nitrogens with zero attached hydrogens (tertiary/aromatic N) is 1. The molecular weight excluding hydrogens is 238 g/mol. The lowest BCUT2D eigenvalue weighted by atomic mass is 10.2. The molecule has 0 fully saturated rings. The van der Waals surface area contributed by atoms with Crippen molar-refractivity contribution < 1.29 is 9.53 Å². The maximum atomic E-state index is 11.5. The minimum absolute atomic E-state index is 0.240. The van der Waals surface area contributed by atoms with Crippen LogP contribution in [0.1, 0.15) is 18.9 Å². The van der Waals surface area contributed by atoms with Crippen molar-refractivity contribution in [2.45, 2.75) is 26.8 Å². The molecule has 0 saturated carbocycles. The fourth-order valence-corrected chi connectivity index (χ4v) is 2.29. The first-order chi connectivity index (χ1) is 9.17. The summed E-state index contributed by atoms with van der Waals surface area (Å²) in [5.41, 5.74) is 3.16. The Morgan fingerprint density at radius 3 is 2.79 bits per heavy atom. The van der Waals surface area contributed by atoms with E-state index in [9.17, 15) is 4.79 Å². The summed E-state index contributed by atoms with van der Waals surface area (Å²) in [7, 11) is 1.42. The number of esters is 1. The van der Waals surface area contributed by atoms with Crippen molar-refractivity contribution >= 4 is 16.9 Å². The molecule has 1 aromatic heterocycles. The normalized spacial score (nSPS) is 11.8. The summed E-state index contributed by atoms with van der Waals surface area (Å²) < 4.78 is 6.92. The zero-order valence-corrected chi connectivity index (χ0v) is 11.6. The van der Waals surface area contributed by atoms with Crippen LogP contribution in [0.2, 0.25) is 0 Å². The first-order valence-corrected chi connectivity index (χ1v) is 6.49. The number of hydrogen-bond acceptors (Lipinski definition) is 2. The standard InChI is InChI=1S/C16H19NO2/c1-4-13(16(18)19-3)9-10-17-11-12(2)14-7-5-6-8-15(14)17/h5-9,11H,4,10H2,1-3H3. The molecule has 0 aliphatic carbocycles. The molecule has 0 atom stereocenters. The number of aryl methyl sites for hydroxylation is 1. The smallest absolute Gasteiger partial charge is 0.333 e. The first kappa shape index (κ1) is 13.4. The summed E-state index contributed by atoms with van der Waals surface area (Å²) >= 11 is 0. The van der Waals surface area contributed by atoms with E-state index >= 15 is 0 Å². The maximum Gasteiger partial charge on any atom is 0.333 e. The van der Waals surface area contributed by atoms with Gasteiger partial charge in [0.25, 0.3) is 0 Å². The largest absolute Gasteiger partial charge is 0.466 e. The van der Waals surface area contributed by atoms with Gasteiger partial charge in [-0.2, -0.15) is 0 Å². The van der Waals surface area contributed by atoms with Gasteiger partial charge in [-0.1, -0.05) is 31.2 Å². The SMILES string of the molecule is CCC(=CCn1cc(C)c2ccccc21)C(=O)OC. The van der Waals surface area contributed by atoms with E-state index in [1.807, 2.05) is 25.1 Å². The second-order valence-corrected chi connectivity index (χ2v) is 4.56. The molecule has 1 heterocycles. The van der Waals surface area contributed by atoms with Crippen LogP contribution in [0, 0.1) is 6.92 Å². The molecule has 3 heteroatoms. The first-order valence-electron chi connectivity index (χ1n) is 6.49. The van der Waals surface area contributed by atoms with Crippen molar-refractivity contribution in [1.29, 1.82) is 0 Å². The Balaban J connectivity index is 2.31. The van der Waals surface area contributed by atoms with Crippen molar-refractivity contribution in [3.63, 3.8) is 0 Å². The van der Waals surface area contributed by atoms with Gasteiger partial charge >= 0.3 is 5.97 Å². The molecule has 2 rings (SSSR count). The van der Waals surface area contributed by atoms with Crippen molar-refractivity contribution in [2.24, 2.45) is 0 Å². The molecule has 1 aromatic carbocycles. The van der Waals surface area contributed by atoms with Crippen LogP contribution in [0.15, 0.2) is 42.1 Å². The molecule has 0 unspecified atom stereocenters. The molecule has 0 aliphatic heterocycles. The van der Waals surface area contributed by atoms with Crippen molar-refractivity contribution in [3.8, 4) is 0 Å². The van der Waals surface area contributed by atoms with E-state index in [2.05, 4.69) is 29.8 Å². The molecule has 19 heavy (non-hydrogen) atoms. The third-order valence-electron chi connectivity index (χ3n) is 3.35. The van der Waals surface area contributed by atoms with Crippen LogP contribution in [-0.2, 0) is 16.1 Å². The minimum atomic E-state index is -0.240. The van der Waals surface area contributed by atoms with Crippen LogP contribution in [0.3, 0.4) is 0 Å². The van der Waals surface area contributed by atoms with Crippen LogP contribution < -0.4 is 0 Å². The van der Waals surface area contributed by atoms with Gasteiger partial charge in [-0.05, 0) is 25.0 Å². The second kappa shape index (κ2) is 5.74. The topological polar surface area (TPSA) is 31.2 Å². The lowest BCUT2D eigenvalue weighted by molar-refractivity contribution is -0.136. The Labute approximate surface area is 113 Å². The highest BCUT2D eigenvalue weighted by atomic mass is 16.5. The number of benzene rings is 1. The monoisotopic (exact) mass is 257 g/mol. The number of aromatic nitrogens is 1. The Kier molecular flexibility index (Phi) is 4.05. The lowest BCUT2D eigenvalue weighted by Gasteiger charge is -2.04. The summed E-state index contributed by atoms with van der Waals surface area (Å²) in [6.45, 7) is 4.75. The highest BCUT2D eigenvalue weighted by Gasteiger charge is 2.07. The number of allylic oxidation sites excluding steroid dienone is 1. The molecule has 0 amide bonds. The molecule has 0 saturated heterocycles. The van der Waals surface area contributed by atoms with Gasteiger partial charge in [-0.3, -0.25) is 0 Å². The van der Waals surface area contributed by atoms with Crippen molar-refractivity contribution in [3.05, 3.63) is 47.7 Å². The average Bonchev–Trinajstić information content (AvgIpc) is 2.76. The van der Waals surface area contributed by atoms with E-state index < -0.39 is 0 Å². The summed E-state index contributed by atoms with van der Waals surface area (Å²) in [5, 5.41) is 1.26. The summed E-state index contributed by atoms with van der Waals surface area (Å²) in [5.74, 6) is -0.240. The number of methoxy groups -OCH3 is 1. The van der Waals surface area contributed by atoms with Crippen molar-refractivity contribution in [1.82, 2.24) is 4.57 Å². The second-order valence-electron chi connectivity index (χ2n) is 4.56. The van der Waals surface area contributed by atoms with Gasteiger partial charge in [0.05, 0.1) is 7.11 Å². The number of rotatable bonds is 4. The third kappa shape index (κ3) is 2.70. The van der Waals surface area contributed by atoms with E-state index in [0.29, 0.717) is 13.0 Å². The summed E-state index contributed by atoms with van der Waals surface area (Å²) in [6.07, 6.45) is 4.74. The minimum Gasteiger partial charge on any atom is -0.466 e. The van der Waals surface area contributed by atoms with Crippen LogP contribution in [0.25, 0.3) is 10.9 Å². The van der Waals surface area contributed by atoms with Crippen molar-refractivity contribution in [2.75, 3.05) is 7.11 Å². The van der Waals surface area contributed by atoms with Gasteiger partial charge in [0.15, 0.2) is 0 Å². The Hall–Kier alpha value is -2.03. The predicted octanol–water partition coefficient (Wildman–Crippen LogP) is 3.46. The van der Waals surface area contributed by atoms with E-state index in [1.54, 1.807) is 0 Å². The number of hydrogen-bond donors (Lipinski definition) is 0. The molecule has 0 radical (unpaired) electrons. The predicted molar refractivity (Wildman–Crippen MR) is 77.1 cm³/mol. The molecule has 0 bridgehead atoms. The van der Waals surface area contributed by atoms with Crippen LogP contribution >= 0.6 is 0 Å². The van der Waals surface area contributed by atoms with Gasteiger partial charge in [0, 0.05) is 29.2 Å². The van der Waals surface area contributed by atoms with Gasteiger partial charge in [-0.15, -0.1) is 0 Å². The number of carbonyl (C=O) groups excluding carboxylic acids is 1. The highest BCUT2D eigenvalue weighted by Crippen LogP contribution is 2.20. The molecule has 0 aliphatic rings.